The van der Waals surface area contributed by atoms with Gasteiger partial charge in [-0.05, 0) is 0 Å². The molecule has 1 aromatic rings. The molecule has 0 amide bonds. The van der Waals surface area contributed by atoms with E-state index in [1.165, 1.54) is 13.4 Å². The molecule has 0 aliphatic carbocycles. The minimum absolute atomic E-state index is 0.226. The van der Waals surface area contributed by atoms with Crippen molar-refractivity contribution < 1.29 is 13.9 Å². The van der Waals surface area contributed by atoms with E-state index in [2.05, 4.69) is 9.72 Å². The molecule has 60 valence electrons. The van der Waals surface area contributed by atoms with Crippen LogP contribution in [0.5, 0.6) is 0 Å². The molecule has 0 spiro atoms. The van der Waals surface area contributed by atoms with Crippen molar-refractivity contribution in [2.45, 2.75) is 13.3 Å². The van der Waals surface area contributed by atoms with E-state index in [1.807, 2.05) is 6.92 Å². The summed E-state index contributed by atoms with van der Waals surface area (Å²) in [5.41, 5.74) is 0.226. The van der Waals surface area contributed by atoms with E-state index in [-0.39, 0.29) is 5.69 Å². The summed E-state index contributed by atoms with van der Waals surface area (Å²) in [7, 11) is 1.31. The van der Waals surface area contributed by atoms with Gasteiger partial charge in [-0.2, -0.15) is 0 Å². The van der Waals surface area contributed by atoms with Gasteiger partial charge in [0.1, 0.15) is 6.26 Å². The lowest BCUT2D eigenvalue weighted by atomic mass is 10.5. The van der Waals surface area contributed by atoms with Gasteiger partial charge < -0.3 is 9.15 Å². The fourth-order valence-electron chi connectivity index (χ4n) is 0.672. The Labute approximate surface area is 64.2 Å². The minimum Gasteiger partial charge on any atom is -0.464 e. The Balaban J connectivity index is 2.80. The predicted octanol–water partition coefficient (Wildman–Crippen LogP) is 1.02. The number of hydrogen-bond acceptors (Lipinski definition) is 4. The predicted molar refractivity (Wildman–Crippen MR) is 37.2 cm³/mol. The molecule has 1 aromatic heterocycles. The highest BCUT2D eigenvalue weighted by molar-refractivity contribution is 5.86. The number of esters is 1. The van der Waals surface area contributed by atoms with Crippen molar-refractivity contribution in [1.82, 2.24) is 4.98 Å². The topological polar surface area (TPSA) is 52.3 Å². The van der Waals surface area contributed by atoms with E-state index < -0.39 is 5.97 Å². The summed E-state index contributed by atoms with van der Waals surface area (Å²) in [5, 5.41) is 0. The van der Waals surface area contributed by atoms with Gasteiger partial charge in [0.25, 0.3) is 0 Å². The lowest BCUT2D eigenvalue weighted by molar-refractivity contribution is 0.0594. The second kappa shape index (κ2) is 3.18. The van der Waals surface area contributed by atoms with E-state index in [9.17, 15) is 4.79 Å². The number of ether oxygens (including phenoxy) is 1. The molecule has 0 saturated heterocycles. The highest BCUT2D eigenvalue weighted by Gasteiger charge is 2.10. The van der Waals surface area contributed by atoms with Crippen LogP contribution < -0.4 is 0 Å². The van der Waals surface area contributed by atoms with E-state index >= 15 is 0 Å². The Kier molecular flexibility index (Phi) is 2.25. The van der Waals surface area contributed by atoms with Gasteiger partial charge in [0.15, 0.2) is 11.6 Å². The van der Waals surface area contributed by atoms with Crippen LogP contribution in [0.2, 0.25) is 0 Å². The first-order chi connectivity index (χ1) is 5.27. The molecule has 0 aromatic carbocycles. The molecule has 0 aliphatic heterocycles. The average Bonchev–Trinajstić information content (AvgIpc) is 2.50. The third-order valence-electron chi connectivity index (χ3n) is 1.25. The third-order valence-corrected chi connectivity index (χ3v) is 1.25. The molecule has 0 N–H and O–H groups in total. The van der Waals surface area contributed by atoms with Crippen LogP contribution in [0.25, 0.3) is 0 Å². The second-order valence-corrected chi connectivity index (χ2v) is 1.97. The molecule has 4 heteroatoms. The highest BCUT2D eigenvalue weighted by atomic mass is 16.5. The van der Waals surface area contributed by atoms with Crippen molar-refractivity contribution in [3.63, 3.8) is 0 Å². The van der Waals surface area contributed by atoms with E-state index in [0.29, 0.717) is 12.3 Å². The SMILES string of the molecule is CCc1nc(C(=O)OC)co1. The molecule has 0 saturated carbocycles. The maximum atomic E-state index is 10.8. The fourth-order valence-corrected chi connectivity index (χ4v) is 0.672. The number of methoxy groups -OCH3 is 1. The van der Waals surface area contributed by atoms with Crippen molar-refractivity contribution in [2.24, 2.45) is 0 Å². The molecule has 0 radical (unpaired) electrons. The summed E-state index contributed by atoms with van der Waals surface area (Å²) in [5.74, 6) is 0.0823. The molecule has 0 bridgehead atoms. The molecule has 4 nitrogen and oxygen atoms in total. The van der Waals surface area contributed by atoms with Gasteiger partial charge in [-0.3, -0.25) is 0 Å². The monoisotopic (exact) mass is 155 g/mol. The normalized spacial score (nSPS) is 9.64. The maximum Gasteiger partial charge on any atom is 0.360 e. The Bertz CT molecular complexity index is 254. The lowest BCUT2D eigenvalue weighted by Crippen LogP contribution is -2.01. The molecule has 1 rings (SSSR count). The van der Waals surface area contributed by atoms with Gasteiger partial charge in [-0.1, -0.05) is 6.92 Å². The van der Waals surface area contributed by atoms with E-state index in [0.717, 1.165) is 0 Å². The van der Waals surface area contributed by atoms with Crippen molar-refractivity contribution in [2.75, 3.05) is 7.11 Å². The lowest BCUT2D eigenvalue weighted by Gasteiger charge is -1.89. The molecule has 1 heterocycles. The van der Waals surface area contributed by atoms with E-state index in [1.54, 1.807) is 0 Å². The minimum atomic E-state index is -0.464. The third kappa shape index (κ3) is 1.58. The molecule has 0 fully saturated rings. The Morgan fingerprint density at radius 2 is 2.55 bits per heavy atom. The smallest absolute Gasteiger partial charge is 0.360 e. The number of carbonyl (C=O) groups excluding carboxylic acids is 1. The summed E-state index contributed by atoms with van der Waals surface area (Å²) >= 11 is 0. The number of carbonyl (C=O) groups is 1. The number of oxazole rings is 1. The van der Waals surface area contributed by atoms with Crippen LogP contribution in [0.3, 0.4) is 0 Å². The van der Waals surface area contributed by atoms with Crippen LogP contribution in [0.15, 0.2) is 10.7 Å². The summed E-state index contributed by atoms with van der Waals surface area (Å²) in [6, 6.07) is 0. The zero-order valence-corrected chi connectivity index (χ0v) is 6.46. The first-order valence-electron chi connectivity index (χ1n) is 3.30. The Hall–Kier alpha value is -1.32. The van der Waals surface area contributed by atoms with Gasteiger partial charge in [0, 0.05) is 6.42 Å². The average molecular weight is 155 g/mol. The highest BCUT2D eigenvalue weighted by Crippen LogP contribution is 2.03. The van der Waals surface area contributed by atoms with Gasteiger partial charge in [0.05, 0.1) is 7.11 Å². The van der Waals surface area contributed by atoms with Crippen LogP contribution in [-0.2, 0) is 11.2 Å². The Morgan fingerprint density at radius 3 is 3.00 bits per heavy atom. The van der Waals surface area contributed by atoms with Crippen molar-refractivity contribution >= 4 is 5.97 Å². The van der Waals surface area contributed by atoms with Crippen LogP contribution in [0.1, 0.15) is 23.3 Å². The Morgan fingerprint density at radius 1 is 1.82 bits per heavy atom. The largest absolute Gasteiger partial charge is 0.464 e. The maximum absolute atomic E-state index is 10.8. The summed E-state index contributed by atoms with van der Waals surface area (Å²) in [4.78, 5) is 14.7. The molecule has 0 atom stereocenters. The fraction of sp³-hybridized carbons (Fsp3) is 0.429. The second-order valence-electron chi connectivity index (χ2n) is 1.97. The molecule has 0 unspecified atom stereocenters. The molecular weight excluding hydrogens is 146 g/mol. The van der Waals surface area contributed by atoms with Crippen molar-refractivity contribution in [3.8, 4) is 0 Å². The molecular formula is C7H9NO3. The first-order valence-corrected chi connectivity index (χ1v) is 3.30. The van der Waals surface area contributed by atoms with E-state index in [4.69, 9.17) is 4.42 Å². The number of nitrogens with zero attached hydrogens (tertiary/aromatic N) is 1. The number of aromatic nitrogens is 1. The number of rotatable bonds is 2. The van der Waals surface area contributed by atoms with Gasteiger partial charge in [0.2, 0.25) is 0 Å². The van der Waals surface area contributed by atoms with Gasteiger partial charge >= 0.3 is 5.97 Å². The standard InChI is InChI=1S/C7H9NO3/c1-3-6-8-5(4-11-6)7(9)10-2/h4H,3H2,1-2H3. The molecule has 11 heavy (non-hydrogen) atoms. The van der Waals surface area contributed by atoms with Gasteiger partial charge in [-0.15, -0.1) is 0 Å². The number of aryl methyl sites for hydroxylation is 1. The quantitative estimate of drug-likeness (QED) is 0.598. The van der Waals surface area contributed by atoms with Gasteiger partial charge in [-0.25, -0.2) is 9.78 Å². The zero-order valence-electron chi connectivity index (χ0n) is 6.46. The van der Waals surface area contributed by atoms with Crippen molar-refractivity contribution in [3.05, 3.63) is 17.8 Å². The van der Waals surface area contributed by atoms with Crippen molar-refractivity contribution in [1.29, 1.82) is 0 Å². The summed E-state index contributed by atoms with van der Waals surface area (Å²) in [6.45, 7) is 1.90. The molecule has 0 aliphatic rings. The zero-order chi connectivity index (χ0) is 8.27. The van der Waals surface area contributed by atoms with Crippen LogP contribution in [-0.4, -0.2) is 18.1 Å². The van der Waals surface area contributed by atoms with Crippen LogP contribution >= 0.6 is 0 Å². The van der Waals surface area contributed by atoms with Crippen LogP contribution in [0.4, 0.5) is 0 Å². The summed E-state index contributed by atoms with van der Waals surface area (Å²) < 4.78 is 9.36. The number of hydrogen-bond donors (Lipinski definition) is 0. The first kappa shape index (κ1) is 7.78. The summed E-state index contributed by atoms with van der Waals surface area (Å²) in [6.07, 6.45) is 1.97. The van der Waals surface area contributed by atoms with Crippen LogP contribution in [0, 0.1) is 0 Å².